The molecule has 0 saturated carbocycles. The maximum absolute atomic E-state index is 13.3. The van der Waals surface area contributed by atoms with Crippen LogP contribution >= 0.6 is 43.5 Å². The average molecular weight is 408 g/mol. The molecule has 2 aromatic carbocycles. The van der Waals surface area contributed by atoms with E-state index in [1.54, 1.807) is 12.1 Å². The third kappa shape index (κ3) is 3.37. The lowest BCUT2D eigenvalue weighted by Crippen LogP contribution is -2.17. The molecule has 2 rings (SSSR count). The first-order valence-corrected chi connectivity index (χ1v) is 7.56. The van der Waals surface area contributed by atoms with Crippen molar-refractivity contribution in [3.8, 4) is 0 Å². The Hall–Kier alpha value is -0.420. The summed E-state index contributed by atoms with van der Waals surface area (Å²) in [5.74, 6) is -0.271. The molecule has 1 unspecified atom stereocenters. The van der Waals surface area contributed by atoms with Crippen molar-refractivity contribution in [1.29, 1.82) is 0 Å². The predicted octanol–water partition coefficient (Wildman–Crippen LogP) is 5.31. The minimum absolute atomic E-state index is 0.0394. The van der Waals surface area contributed by atoms with Gasteiger partial charge in [0.1, 0.15) is 5.82 Å². The molecule has 0 aliphatic heterocycles. The van der Waals surface area contributed by atoms with Crippen LogP contribution in [0.4, 0.5) is 4.39 Å². The summed E-state index contributed by atoms with van der Waals surface area (Å²) in [4.78, 5) is 0. The Kier molecular flexibility index (Phi) is 5.01. The van der Waals surface area contributed by atoms with Crippen LogP contribution in [0.25, 0.3) is 0 Å². The predicted molar refractivity (Wildman–Crippen MR) is 84.2 cm³/mol. The number of rotatable bonds is 3. The van der Waals surface area contributed by atoms with Crippen molar-refractivity contribution in [2.24, 2.45) is 0 Å². The second kappa shape index (κ2) is 6.35. The molecule has 100 valence electrons. The van der Waals surface area contributed by atoms with E-state index in [0.29, 0.717) is 9.50 Å². The van der Waals surface area contributed by atoms with Gasteiger partial charge in [-0.25, -0.2) is 4.39 Å². The van der Waals surface area contributed by atoms with E-state index in [1.165, 1.54) is 6.07 Å². The van der Waals surface area contributed by atoms with Crippen molar-refractivity contribution < 1.29 is 4.39 Å². The zero-order valence-electron chi connectivity index (χ0n) is 10.1. The highest BCUT2D eigenvalue weighted by molar-refractivity contribution is 9.10. The molecule has 0 saturated heterocycles. The molecule has 2 aromatic rings. The highest BCUT2D eigenvalue weighted by atomic mass is 79.9. The Morgan fingerprint density at radius 2 is 1.68 bits per heavy atom. The van der Waals surface area contributed by atoms with E-state index in [4.69, 9.17) is 11.6 Å². The SMILES string of the molecule is CNC(c1ccc(Br)c(Cl)c1)c1ccc(F)c(Br)c1. The van der Waals surface area contributed by atoms with Gasteiger partial charge in [-0.2, -0.15) is 0 Å². The molecular formula is C14H11Br2ClFN. The van der Waals surface area contributed by atoms with Gasteiger partial charge < -0.3 is 5.32 Å². The van der Waals surface area contributed by atoms with Crippen LogP contribution in [0.2, 0.25) is 5.02 Å². The number of halogens is 4. The molecule has 0 spiro atoms. The smallest absolute Gasteiger partial charge is 0.137 e. The summed E-state index contributed by atoms with van der Waals surface area (Å²) in [6, 6.07) is 10.7. The van der Waals surface area contributed by atoms with Crippen LogP contribution < -0.4 is 5.32 Å². The Labute approximate surface area is 133 Å². The van der Waals surface area contributed by atoms with Gasteiger partial charge in [-0.15, -0.1) is 0 Å². The van der Waals surface area contributed by atoms with Crippen molar-refractivity contribution in [2.75, 3.05) is 7.05 Å². The minimum Gasteiger partial charge on any atom is -0.309 e. The topological polar surface area (TPSA) is 12.0 Å². The summed E-state index contributed by atoms with van der Waals surface area (Å²) in [5.41, 5.74) is 1.99. The molecule has 19 heavy (non-hydrogen) atoms. The number of hydrogen-bond donors (Lipinski definition) is 1. The van der Waals surface area contributed by atoms with Crippen LogP contribution in [0.15, 0.2) is 45.3 Å². The van der Waals surface area contributed by atoms with E-state index < -0.39 is 0 Å². The lowest BCUT2D eigenvalue weighted by molar-refractivity contribution is 0.616. The van der Waals surface area contributed by atoms with Gasteiger partial charge in [0.2, 0.25) is 0 Å². The van der Waals surface area contributed by atoms with Crippen molar-refractivity contribution in [1.82, 2.24) is 5.32 Å². The molecule has 0 aromatic heterocycles. The van der Waals surface area contributed by atoms with Crippen LogP contribution in [0.1, 0.15) is 17.2 Å². The maximum atomic E-state index is 13.3. The molecule has 0 heterocycles. The standard InChI is InChI=1S/C14H11Br2ClFN/c1-19-14(8-3-5-13(18)11(16)6-8)9-2-4-10(15)12(17)7-9/h2-7,14,19H,1H3. The van der Waals surface area contributed by atoms with Crippen molar-refractivity contribution >= 4 is 43.5 Å². The second-order valence-electron chi connectivity index (χ2n) is 4.07. The molecule has 1 nitrogen and oxygen atoms in total. The molecule has 0 aliphatic rings. The Morgan fingerprint density at radius 1 is 1.05 bits per heavy atom. The summed E-state index contributed by atoms with van der Waals surface area (Å²) in [6.07, 6.45) is 0. The monoisotopic (exact) mass is 405 g/mol. The summed E-state index contributed by atoms with van der Waals surface area (Å²) in [6.45, 7) is 0. The van der Waals surface area contributed by atoms with Gasteiger partial charge in [0.25, 0.3) is 0 Å². The first-order valence-electron chi connectivity index (χ1n) is 5.60. The van der Waals surface area contributed by atoms with Gasteiger partial charge in [-0.3, -0.25) is 0 Å². The largest absolute Gasteiger partial charge is 0.309 e. The van der Waals surface area contributed by atoms with E-state index in [9.17, 15) is 4.39 Å². The quantitative estimate of drug-likeness (QED) is 0.727. The third-order valence-electron chi connectivity index (χ3n) is 2.84. The fourth-order valence-electron chi connectivity index (χ4n) is 1.91. The van der Waals surface area contributed by atoms with E-state index in [1.807, 2.05) is 25.2 Å². The van der Waals surface area contributed by atoms with Crippen LogP contribution in [0.5, 0.6) is 0 Å². The molecule has 0 aliphatic carbocycles. The molecule has 0 amide bonds. The first-order chi connectivity index (χ1) is 9.02. The molecular weight excluding hydrogens is 396 g/mol. The number of benzene rings is 2. The third-order valence-corrected chi connectivity index (χ3v) is 4.68. The summed E-state index contributed by atoms with van der Waals surface area (Å²) in [7, 11) is 1.86. The zero-order chi connectivity index (χ0) is 14.0. The number of nitrogens with one attached hydrogen (secondary N) is 1. The van der Waals surface area contributed by atoms with E-state index in [-0.39, 0.29) is 11.9 Å². The second-order valence-corrected chi connectivity index (χ2v) is 6.18. The molecule has 0 fully saturated rings. The van der Waals surface area contributed by atoms with E-state index in [0.717, 1.165) is 15.6 Å². The molecule has 5 heteroatoms. The Bertz CT molecular complexity index is 552. The lowest BCUT2D eigenvalue weighted by atomic mass is 9.99. The maximum Gasteiger partial charge on any atom is 0.137 e. The fraction of sp³-hybridized carbons (Fsp3) is 0.143. The zero-order valence-corrected chi connectivity index (χ0v) is 14.0. The Morgan fingerprint density at radius 3 is 2.26 bits per heavy atom. The van der Waals surface area contributed by atoms with E-state index in [2.05, 4.69) is 37.2 Å². The van der Waals surface area contributed by atoms with Crippen LogP contribution in [0, 0.1) is 5.82 Å². The first kappa shape index (κ1) is 15.0. The lowest BCUT2D eigenvalue weighted by Gasteiger charge is -2.18. The van der Waals surface area contributed by atoms with Gasteiger partial charge in [0, 0.05) is 4.47 Å². The van der Waals surface area contributed by atoms with Crippen molar-refractivity contribution in [3.63, 3.8) is 0 Å². The summed E-state index contributed by atoms with van der Waals surface area (Å²) < 4.78 is 14.6. The molecule has 1 atom stereocenters. The van der Waals surface area contributed by atoms with Crippen molar-refractivity contribution in [2.45, 2.75) is 6.04 Å². The highest BCUT2D eigenvalue weighted by Crippen LogP contribution is 2.30. The minimum atomic E-state index is -0.271. The molecule has 1 N–H and O–H groups in total. The van der Waals surface area contributed by atoms with Gasteiger partial charge in [-0.05, 0) is 74.3 Å². The average Bonchev–Trinajstić information content (AvgIpc) is 2.39. The highest BCUT2D eigenvalue weighted by Gasteiger charge is 2.14. The number of hydrogen-bond acceptors (Lipinski definition) is 1. The van der Waals surface area contributed by atoms with Crippen LogP contribution in [-0.2, 0) is 0 Å². The fourth-order valence-corrected chi connectivity index (χ4v) is 2.74. The summed E-state index contributed by atoms with van der Waals surface area (Å²) >= 11 is 12.7. The van der Waals surface area contributed by atoms with Crippen molar-refractivity contribution in [3.05, 3.63) is 67.3 Å². The van der Waals surface area contributed by atoms with Crippen LogP contribution in [-0.4, -0.2) is 7.05 Å². The van der Waals surface area contributed by atoms with Gasteiger partial charge in [0.15, 0.2) is 0 Å². The van der Waals surface area contributed by atoms with E-state index >= 15 is 0 Å². The van der Waals surface area contributed by atoms with Gasteiger partial charge >= 0.3 is 0 Å². The molecule has 0 bridgehead atoms. The molecule has 0 radical (unpaired) electrons. The summed E-state index contributed by atoms with van der Waals surface area (Å²) in [5, 5.41) is 3.86. The Balaban J connectivity index is 2.43. The van der Waals surface area contributed by atoms with Gasteiger partial charge in [0.05, 0.1) is 15.5 Å². The normalized spacial score (nSPS) is 12.5. The van der Waals surface area contributed by atoms with Crippen LogP contribution in [0.3, 0.4) is 0 Å². The van der Waals surface area contributed by atoms with Gasteiger partial charge in [-0.1, -0.05) is 23.7 Å².